The van der Waals surface area contributed by atoms with Gasteiger partial charge in [0.05, 0.1) is 18.4 Å². The van der Waals surface area contributed by atoms with Crippen LogP contribution in [0.3, 0.4) is 0 Å². The summed E-state index contributed by atoms with van der Waals surface area (Å²) in [5, 5.41) is 0.981. The predicted octanol–water partition coefficient (Wildman–Crippen LogP) is 3.70. The number of methoxy groups -OCH3 is 1. The third-order valence-electron chi connectivity index (χ3n) is 5.63. The van der Waals surface area contributed by atoms with E-state index in [1.165, 1.54) is 30.6 Å². The third kappa shape index (κ3) is 4.12. The highest BCUT2D eigenvalue weighted by molar-refractivity contribution is 7.20. The van der Waals surface area contributed by atoms with E-state index >= 15 is 0 Å². The van der Waals surface area contributed by atoms with Gasteiger partial charge in [-0.05, 0) is 35.7 Å². The number of benzene rings is 1. The van der Waals surface area contributed by atoms with Crippen molar-refractivity contribution in [1.29, 1.82) is 0 Å². The Balaban J connectivity index is 1.55. The van der Waals surface area contributed by atoms with Gasteiger partial charge in [-0.3, -0.25) is 9.59 Å². The van der Waals surface area contributed by atoms with E-state index in [-0.39, 0.29) is 29.9 Å². The van der Waals surface area contributed by atoms with Crippen LogP contribution in [0.4, 0.5) is 4.39 Å². The van der Waals surface area contributed by atoms with Gasteiger partial charge >= 0.3 is 0 Å². The molecule has 31 heavy (non-hydrogen) atoms. The number of ether oxygens (including phenoxy) is 1. The van der Waals surface area contributed by atoms with E-state index < -0.39 is 5.82 Å². The molecule has 1 aliphatic rings. The Hall–Kier alpha value is -3.00. The Morgan fingerprint density at radius 3 is 2.84 bits per heavy atom. The molecule has 3 heterocycles. The first-order valence-corrected chi connectivity index (χ1v) is 10.9. The molecule has 0 bridgehead atoms. The number of thiophene rings is 1. The van der Waals surface area contributed by atoms with Crippen LogP contribution in [0.1, 0.15) is 33.1 Å². The van der Waals surface area contributed by atoms with E-state index in [4.69, 9.17) is 4.74 Å². The maximum atomic E-state index is 14.0. The normalized spacial score (nSPS) is 16.0. The largest absolute Gasteiger partial charge is 0.494 e. The number of rotatable bonds is 5. The minimum Gasteiger partial charge on any atom is -0.494 e. The van der Waals surface area contributed by atoms with Crippen LogP contribution in [-0.4, -0.2) is 60.9 Å². The molecule has 0 radical (unpaired) electrons. The van der Waals surface area contributed by atoms with Crippen molar-refractivity contribution in [2.45, 2.75) is 18.8 Å². The molecule has 1 aliphatic heterocycles. The first-order valence-electron chi connectivity index (χ1n) is 10.1. The fourth-order valence-corrected chi connectivity index (χ4v) is 5.30. The Kier molecular flexibility index (Phi) is 5.91. The molecule has 0 spiro atoms. The topological polar surface area (TPSA) is 62.7 Å². The molecule has 1 fully saturated rings. The number of nitrogens with zero attached hydrogens (tertiary/aromatic N) is 3. The van der Waals surface area contributed by atoms with Gasteiger partial charge in [-0.1, -0.05) is 12.1 Å². The van der Waals surface area contributed by atoms with Crippen LogP contribution in [-0.2, 0) is 11.2 Å². The number of aromatic nitrogens is 1. The second-order valence-electron chi connectivity index (χ2n) is 7.87. The molecule has 0 N–H and O–H groups in total. The third-order valence-corrected chi connectivity index (χ3v) is 6.74. The van der Waals surface area contributed by atoms with Crippen molar-refractivity contribution < 1.29 is 18.7 Å². The molecule has 6 nitrogen and oxygen atoms in total. The summed E-state index contributed by atoms with van der Waals surface area (Å²) >= 11 is 1.41. The number of likely N-dealkylation sites (tertiary alicyclic amines) is 1. The Morgan fingerprint density at radius 1 is 1.32 bits per heavy atom. The molecule has 8 heteroatoms. The molecule has 1 atom stereocenters. The molecule has 1 saturated heterocycles. The van der Waals surface area contributed by atoms with E-state index in [2.05, 4.69) is 4.98 Å². The summed E-state index contributed by atoms with van der Waals surface area (Å²) in [6, 6.07) is 8.45. The van der Waals surface area contributed by atoms with Crippen molar-refractivity contribution in [3.63, 3.8) is 0 Å². The summed E-state index contributed by atoms with van der Waals surface area (Å²) < 4.78 is 18.9. The van der Waals surface area contributed by atoms with E-state index in [1.54, 1.807) is 36.2 Å². The number of hydrogen-bond acceptors (Lipinski definition) is 5. The highest BCUT2D eigenvalue weighted by Gasteiger charge is 2.33. The number of carbonyl (C=O) groups is 2. The monoisotopic (exact) mass is 441 g/mol. The number of amides is 2. The molecule has 1 aromatic carbocycles. The standard InChI is InChI=1S/C23H24FN3O3S/c1-26(2)23(29)21-20(16-5-4-9-25-22(16)31-21)15-8-10-27(13-15)19(28)12-14-6-7-18(30-3)17(24)11-14/h4-7,9,11,15H,8,10,12-13H2,1-3H3/t15-/m0/s1. The molecule has 3 aromatic rings. The highest BCUT2D eigenvalue weighted by atomic mass is 32.1. The van der Waals surface area contributed by atoms with Crippen LogP contribution in [0.25, 0.3) is 10.2 Å². The molecule has 0 aliphatic carbocycles. The number of pyridine rings is 1. The van der Waals surface area contributed by atoms with E-state index in [1.807, 2.05) is 12.1 Å². The Morgan fingerprint density at radius 2 is 2.13 bits per heavy atom. The average molecular weight is 442 g/mol. The van der Waals surface area contributed by atoms with Gasteiger partial charge in [0.1, 0.15) is 4.83 Å². The van der Waals surface area contributed by atoms with Crippen molar-refractivity contribution in [3.8, 4) is 5.75 Å². The van der Waals surface area contributed by atoms with E-state index in [0.29, 0.717) is 23.5 Å². The van der Waals surface area contributed by atoms with Gasteiger partial charge < -0.3 is 14.5 Å². The van der Waals surface area contributed by atoms with Gasteiger partial charge in [-0.15, -0.1) is 11.3 Å². The van der Waals surface area contributed by atoms with Gasteiger partial charge in [0.25, 0.3) is 5.91 Å². The quantitative estimate of drug-likeness (QED) is 0.606. The fraction of sp³-hybridized carbons (Fsp3) is 0.348. The second kappa shape index (κ2) is 8.63. The van der Waals surface area contributed by atoms with Gasteiger partial charge in [0.2, 0.25) is 5.91 Å². The zero-order valence-electron chi connectivity index (χ0n) is 17.7. The number of fused-ring (bicyclic) bond motifs is 1. The molecule has 0 saturated carbocycles. The van der Waals surface area contributed by atoms with Crippen LogP contribution >= 0.6 is 11.3 Å². The lowest BCUT2D eigenvalue weighted by Crippen LogP contribution is -2.30. The van der Waals surface area contributed by atoms with E-state index in [0.717, 1.165) is 22.2 Å². The number of carbonyl (C=O) groups excluding carboxylic acids is 2. The van der Waals surface area contributed by atoms with Gasteiger partial charge in [-0.2, -0.15) is 0 Å². The smallest absolute Gasteiger partial charge is 0.263 e. The first-order chi connectivity index (χ1) is 14.9. The summed E-state index contributed by atoms with van der Waals surface area (Å²) in [7, 11) is 4.89. The predicted molar refractivity (Wildman–Crippen MR) is 118 cm³/mol. The highest BCUT2D eigenvalue weighted by Crippen LogP contribution is 2.40. The lowest BCUT2D eigenvalue weighted by atomic mass is 9.95. The zero-order chi connectivity index (χ0) is 22.1. The molecular weight excluding hydrogens is 417 g/mol. The molecule has 2 amide bonds. The van der Waals surface area contributed by atoms with Gasteiger partial charge in [-0.25, -0.2) is 9.37 Å². The van der Waals surface area contributed by atoms with Crippen LogP contribution in [0.2, 0.25) is 0 Å². The lowest BCUT2D eigenvalue weighted by Gasteiger charge is -2.18. The minimum atomic E-state index is -0.476. The van der Waals surface area contributed by atoms with Crippen molar-refractivity contribution in [2.75, 3.05) is 34.3 Å². The summed E-state index contributed by atoms with van der Waals surface area (Å²) in [6.45, 7) is 1.14. The van der Waals surface area contributed by atoms with Crippen molar-refractivity contribution in [3.05, 3.63) is 58.3 Å². The van der Waals surface area contributed by atoms with E-state index in [9.17, 15) is 14.0 Å². The summed E-state index contributed by atoms with van der Waals surface area (Å²) in [4.78, 5) is 35.0. The number of hydrogen-bond donors (Lipinski definition) is 0. The summed E-state index contributed by atoms with van der Waals surface area (Å²) in [5.74, 6) is -0.347. The van der Waals surface area contributed by atoms with Crippen molar-refractivity contribution in [2.24, 2.45) is 0 Å². The molecule has 4 rings (SSSR count). The van der Waals surface area contributed by atoms with Crippen molar-refractivity contribution >= 4 is 33.4 Å². The number of halogens is 1. The van der Waals surface area contributed by atoms with Crippen molar-refractivity contribution in [1.82, 2.24) is 14.8 Å². The maximum Gasteiger partial charge on any atom is 0.263 e. The SMILES string of the molecule is COc1ccc(CC(=O)N2CC[C@H](c3c(C(=O)N(C)C)sc4ncccc34)C2)cc1F. The maximum absolute atomic E-state index is 14.0. The van der Waals surface area contributed by atoms with Crippen LogP contribution in [0.5, 0.6) is 5.75 Å². The van der Waals surface area contributed by atoms with Crippen LogP contribution in [0, 0.1) is 5.82 Å². The fourth-order valence-electron chi connectivity index (χ4n) is 4.05. The first kappa shape index (κ1) is 21.2. The zero-order valence-corrected chi connectivity index (χ0v) is 18.5. The molecule has 2 aromatic heterocycles. The molecule has 0 unspecified atom stereocenters. The minimum absolute atomic E-state index is 0.0449. The van der Waals surface area contributed by atoms with Gasteiger partial charge in [0.15, 0.2) is 11.6 Å². The Labute approximate surface area is 184 Å². The summed E-state index contributed by atoms with van der Waals surface area (Å²) in [5.41, 5.74) is 1.60. The second-order valence-corrected chi connectivity index (χ2v) is 8.87. The molecule has 162 valence electrons. The average Bonchev–Trinajstić information content (AvgIpc) is 3.38. The molecular formula is C23H24FN3O3S. The van der Waals surface area contributed by atoms with Crippen LogP contribution in [0.15, 0.2) is 36.5 Å². The Bertz CT molecular complexity index is 1140. The summed E-state index contributed by atoms with van der Waals surface area (Å²) in [6.07, 6.45) is 2.63. The van der Waals surface area contributed by atoms with Gasteiger partial charge in [0, 0.05) is 44.7 Å². The lowest BCUT2D eigenvalue weighted by molar-refractivity contribution is -0.129. The van der Waals surface area contributed by atoms with Crippen LogP contribution < -0.4 is 4.74 Å².